The Morgan fingerprint density at radius 1 is 1.39 bits per heavy atom. The Kier molecular flexibility index (Phi) is 7.82. The molecule has 0 radical (unpaired) electrons. The molecule has 1 aliphatic carbocycles. The van der Waals surface area contributed by atoms with Gasteiger partial charge in [-0.1, -0.05) is 19.8 Å². The highest BCUT2D eigenvalue weighted by atomic mass is 16.5. The van der Waals surface area contributed by atoms with Crippen molar-refractivity contribution >= 4 is 0 Å². The number of nitrogens with one attached hydrogen (secondary N) is 1. The molecule has 0 spiro atoms. The highest BCUT2D eigenvalue weighted by Gasteiger charge is 2.25. The van der Waals surface area contributed by atoms with Gasteiger partial charge in [-0.25, -0.2) is 0 Å². The van der Waals surface area contributed by atoms with E-state index >= 15 is 0 Å². The SMILES string of the molecule is CCNC1CCCCC1CN(C)CC(O)COC. The number of aliphatic hydroxyl groups excluding tert-OH is 1. The van der Waals surface area contributed by atoms with Crippen LogP contribution in [0.15, 0.2) is 0 Å². The van der Waals surface area contributed by atoms with Gasteiger partial charge in [-0.05, 0) is 32.4 Å². The lowest BCUT2D eigenvalue weighted by molar-refractivity contribution is 0.0374. The lowest BCUT2D eigenvalue weighted by Crippen LogP contribution is -2.45. The lowest BCUT2D eigenvalue weighted by Gasteiger charge is -2.35. The minimum absolute atomic E-state index is 0.374. The van der Waals surface area contributed by atoms with Crippen LogP contribution in [0.1, 0.15) is 32.6 Å². The summed E-state index contributed by atoms with van der Waals surface area (Å²) in [6.45, 7) is 5.42. The third-order valence-electron chi connectivity index (χ3n) is 3.80. The molecule has 1 aliphatic rings. The van der Waals surface area contributed by atoms with Gasteiger partial charge in [0.05, 0.1) is 12.7 Å². The molecule has 0 saturated heterocycles. The molecule has 1 fully saturated rings. The second-order valence-electron chi connectivity index (χ2n) is 5.54. The highest BCUT2D eigenvalue weighted by Crippen LogP contribution is 2.25. The smallest absolute Gasteiger partial charge is 0.0899 e. The Balaban J connectivity index is 2.33. The molecule has 0 aliphatic heterocycles. The zero-order chi connectivity index (χ0) is 13.4. The van der Waals surface area contributed by atoms with Crippen molar-refractivity contribution in [3.63, 3.8) is 0 Å². The van der Waals surface area contributed by atoms with Gasteiger partial charge in [0, 0.05) is 26.2 Å². The number of hydrogen-bond donors (Lipinski definition) is 2. The molecule has 0 heterocycles. The maximum atomic E-state index is 9.74. The fraction of sp³-hybridized carbons (Fsp3) is 1.00. The molecular weight excluding hydrogens is 228 g/mol. The Hall–Kier alpha value is -0.160. The van der Waals surface area contributed by atoms with Crippen LogP contribution >= 0.6 is 0 Å². The van der Waals surface area contributed by atoms with Gasteiger partial charge in [-0.2, -0.15) is 0 Å². The van der Waals surface area contributed by atoms with Crippen molar-refractivity contribution in [3.8, 4) is 0 Å². The number of likely N-dealkylation sites (N-methyl/N-ethyl adjacent to an activating group) is 1. The molecule has 0 bridgehead atoms. The summed E-state index contributed by atoms with van der Waals surface area (Å²) in [5, 5.41) is 13.3. The summed E-state index contributed by atoms with van der Waals surface area (Å²) in [5.74, 6) is 0.721. The Labute approximate surface area is 112 Å². The van der Waals surface area contributed by atoms with Gasteiger partial charge in [0.2, 0.25) is 0 Å². The molecule has 4 heteroatoms. The van der Waals surface area contributed by atoms with Crippen LogP contribution in [0.5, 0.6) is 0 Å². The monoisotopic (exact) mass is 258 g/mol. The second-order valence-corrected chi connectivity index (χ2v) is 5.54. The van der Waals surface area contributed by atoms with E-state index in [2.05, 4.69) is 24.2 Å². The van der Waals surface area contributed by atoms with E-state index in [1.165, 1.54) is 25.7 Å². The Morgan fingerprint density at radius 2 is 2.11 bits per heavy atom. The summed E-state index contributed by atoms with van der Waals surface area (Å²) in [6, 6.07) is 0.658. The van der Waals surface area contributed by atoms with Crippen LogP contribution < -0.4 is 5.32 Å². The molecule has 0 aromatic rings. The number of nitrogens with zero attached hydrogens (tertiary/aromatic N) is 1. The number of aliphatic hydroxyl groups is 1. The van der Waals surface area contributed by atoms with E-state index in [4.69, 9.17) is 4.74 Å². The van der Waals surface area contributed by atoms with Crippen molar-refractivity contribution in [3.05, 3.63) is 0 Å². The van der Waals surface area contributed by atoms with E-state index in [1.807, 2.05) is 0 Å². The third-order valence-corrected chi connectivity index (χ3v) is 3.80. The maximum absolute atomic E-state index is 9.74. The highest BCUT2D eigenvalue weighted by molar-refractivity contribution is 4.82. The van der Waals surface area contributed by atoms with E-state index in [1.54, 1.807) is 7.11 Å². The summed E-state index contributed by atoms with van der Waals surface area (Å²) >= 11 is 0. The molecule has 1 saturated carbocycles. The number of rotatable bonds is 8. The largest absolute Gasteiger partial charge is 0.389 e. The molecule has 0 aromatic carbocycles. The van der Waals surface area contributed by atoms with Crippen molar-refractivity contribution in [2.24, 2.45) is 5.92 Å². The summed E-state index contributed by atoms with van der Waals surface area (Å²) in [5.41, 5.74) is 0. The summed E-state index contributed by atoms with van der Waals surface area (Å²) in [6.07, 6.45) is 4.93. The van der Waals surface area contributed by atoms with Crippen LogP contribution in [0, 0.1) is 5.92 Å². The van der Waals surface area contributed by atoms with Crippen LogP contribution in [0.3, 0.4) is 0 Å². The first-order valence-electron chi connectivity index (χ1n) is 7.26. The zero-order valence-electron chi connectivity index (χ0n) is 12.2. The lowest BCUT2D eigenvalue weighted by atomic mass is 9.84. The average molecular weight is 258 g/mol. The first-order chi connectivity index (χ1) is 8.67. The summed E-state index contributed by atoms with van der Waals surface area (Å²) in [4.78, 5) is 2.24. The van der Waals surface area contributed by atoms with Gasteiger partial charge in [0.1, 0.15) is 0 Å². The third kappa shape index (κ3) is 5.65. The molecule has 0 aromatic heterocycles. The first-order valence-corrected chi connectivity index (χ1v) is 7.26. The maximum Gasteiger partial charge on any atom is 0.0899 e. The second kappa shape index (κ2) is 8.86. The van der Waals surface area contributed by atoms with Gasteiger partial charge in [-0.3, -0.25) is 0 Å². The fourth-order valence-corrected chi connectivity index (χ4v) is 3.04. The van der Waals surface area contributed by atoms with Gasteiger partial charge >= 0.3 is 0 Å². The number of ether oxygens (including phenoxy) is 1. The molecule has 4 nitrogen and oxygen atoms in total. The molecule has 18 heavy (non-hydrogen) atoms. The van der Waals surface area contributed by atoms with E-state index in [9.17, 15) is 5.11 Å². The van der Waals surface area contributed by atoms with Crippen molar-refractivity contribution in [2.75, 3.05) is 40.4 Å². The normalized spacial score (nSPS) is 26.5. The van der Waals surface area contributed by atoms with E-state index in [-0.39, 0.29) is 6.10 Å². The minimum Gasteiger partial charge on any atom is -0.389 e. The van der Waals surface area contributed by atoms with Crippen LogP contribution in [-0.4, -0.2) is 62.6 Å². The van der Waals surface area contributed by atoms with Crippen LogP contribution in [0.2, 0.25) is 0 Å². The van der Waals surface area contributed by atoms with E-state index in [0.29, 0.717) is 19.2 Å². The first kappa shape index (κ1) is 15.9. The van der Waals surface area contributed by atoms with E-state index in [0.717, 1.165) is 19.0 Å². The number of methoxy groups -OCH3 is 1. The Morgan fingerprint density at radius 3 is 2.78 bits per heavy atom. The molecule has 0 amide bonds. The van der Waals surface area contributed by atoms with Crippen molar-refractivity contribution in [2.45, 2.75) is 44.8 Å². The molecular formula is C14H30N2O2. The van der Waals surface area contributed by atoms with E-state index < -0.39 is 0 Å². The van der Waals surface area contributed by atoms with Crippen LogP contribution in [0.4, 0.5) is 0 Å². The van der Waals surface area contributed by atoms with Gasteiger partial charge < -0.3 is 20.1 Å². The van der Waals surface area contributed by atoms with Gasteiger partial charge in [0.15, 0.2) is 0 Å². The summed E-state index contributed by atoms with van der Waals surface area (Å²) in [7, 11) is 3.72. The topological polar surface area (TPSA) is 44.7 Å². The molecule has 108 valence electrons. The van der Waals surface area contributed by atoms with Gasteiger partial charge in [0.25, 0.3) is 0 Å². The summed E-state index contributed by atoms with van der Waals surface area (Å²) < 4.78 is 4.97. The van der Waals surface area contributed by atoms with Crippen molar-refractivity contribution in [1.82, 2.24) is 10.2 Å². The standard InChI is InChI=1S/C14H30N2O2/c1-4-15-14-8-6-5-7-12(14)9-16(2)10-13(17)11-18-3/h12-15,17H,4-11H2,1-3H3. The molecule has 1 rings (SSSR count). The Bertz CT molecular complexity index is 212. The molecule has 2 N–H and O–H groups in total. The predicted octanol–water partition coefficient (Wildman–Crippen LogP) is 1.09. The molecule has 3 unspecified atom stereocenters. The molecule has 3 atom stereocenters. The number of hydrogen-bond acceptors (Lipinski definition) is 4. The fourth-order valence-electron chi connectivity index (χ4n) is 3.04. The predicted molar refractivity (Wildman–Crippen MR) is 74.8 cm³/mol. The van der Waals surface area contributed by atoms with Crippen molar-refractivity contribution < 1.29 is 9.84 Å². The average Bonchev–Trinajstić information content (AvgIpc) is 2.32. The minimum atomic E-state index is -0.374. The quantitative estimate of drug-likeness (QED) is 0.684. The van der Waals surface area contributed by atoms with Crippen LogP contribution in [0.25, 0.3) is 0 Å². The van der Waals surface area contributed by atoms with Gasteiger partial charge in [-0.15, -0.1) is 0 Å². The van der Waals surface area contributed by atoms with Crippen molar-refractivity contribution in [1.29, 1.82) is 0 Å². The van der Waals surface area contributed by atoms with Crippen LogP contribution in [-0.2, 0) is 4.74 Å². The zero-order valence-corrected chi connectivity index (χ0v) is 12.2.